The number of rotatable bonds is 0. The number of para-hydroxylation sites is 1. The van der Waals surface area contributed by atoms with Gasteiger partial charge in [-0.1, -0.05) is 30.3 Å². The van der Waals surface area contributed by atoms with Crippen molar-refractivity contribution >= 4 is 17.4 Å². The van der Waals surface area contributed by atoms with E-state index in [1.54, 1.807) is 36.4 Å². The highest BCUT2D eigenvalue weighted by molar-refractivity contribution is 6.13. The first kappa shape index (κ1) is 10.7. The maximum absolute atomic E-state index is 12.2. The molecule has 0 spiro atoms. The van der Waals surface area contributed by atoms with Gasteiger partial charge in [0, 0.05) is 17.5 Å². The average molecular weight is 237 g/mol. The third-order valence-electron chi connectivity index (χ3n) is 3.09. The number of carbonyl (C=O) groups is 2. The third kappa shape index (κ3) is 1.70. The number of Topliss-reactive ketones (excluding diaryl/α,β-unsaturated/α-hetero) is 1. The van der Waals surface area contributed by atoms with Crippen LogP contribution in [0.2, 0.25) is 0 Å². The molecule has 18 heavy (non-hydrogen) atoms. The van der Waals surface area contributed by atoms with E-state index in [9.17, 15) is 9.59 Å². The van der Waals surface area contributed by atoms with E-state index in [0.29, 0.717) is 16.8 Å². The van der Waals surface area contributed by atoms with Crippen LogP contribution in [0.5, 0.6) is 0 Å². The number of ketones is 1. The summed E-state index contributed by atoms with van der Waals surface area (Å²) in [6, 6.07) is 14.3. The van der Waals surface area contributed by atoms with Crippen molar-refractivity contribution in [3.63, 3.8) is 0 Å². The fourth-order valence-electron chi connectivity index (χ4n) is 2.19. The predicted octanol–water partition coefficient (Wildman–Crippen LogP) is 2.68. The van der Waals surface area contributed by atoms with E-state index in [-0.39, 0.29) is 18.1 Å². The van der Waals surface area contributed by atoms with Crippen molar-refractivity contribution in [3.05, 3.63) is 65.2 Å². The minimum absolute atomic E-state index is 0.0260. The highest BCUT2D eigenvalue weighted by atomic mass is 16.2. The van der Waals surface area contributed by atoms with Crippen LogP contribution in [0.3, 0.4) is 0 Å². The summed E-state index contributed by atoms with van der Waals surface area (Å²) < 4.78 is 0. The van der Waals surface area contributed by atoms with Crippen molar-refractivity contribution in [2.75, 3.05) is 5.32 Å². The van der Waals surface area contributed by atoms with Crippen molar-refractivity contribution in [3.8, 4) is 0 Å². The van der Waals surface area contributed by atoms with Crippen LogP contribution in [0.25, 0.3) is 0 Å². The van der Waals surface area contributed by atoms with Gasteiger partial charge in [0.15, 0.2) is 5.78 Å². The minimum Gasteiger partial charge on any atom is -0.321 e. The number of hydrogen-bond acceptors (Lipinski definition) is 2. The van der Waals surface area contributed by atoms with Crippen LogP contribution in [0.15, 0.2) is 48.5 Å². The molecule has 1 aliphatic heterocycles. The first-order valence-corrected chi connectivity index (χ1v) is 5.77. The number of amides is 1. The van der Waals surface area contributed by atoms with E-state index in [0.717, 1.165) is 5.56 Å². The van der Waals surface area contributed by atoms with Crippen molar-refractivity contribution in [1.82, 2.24) is 0 Å². The molecule has 0 aliphatic carbocycles. The zero-order valence-corrected chi connectivity index (χ0v) is 9.64. The lowest BCUT2D eigenvalue weighted by Gasteiger charge is -2.16. The molecule has 1 amide bonds. The van der Waals surface area contributed by atoms with Crippen molar-refractivity contribution in [2.45, 2.75) is 6.42 Å². The Labute approximate surface area is 104 Å². The van der Waals surface area contributed by atoms with E-state index in [1.807, 2.05) is 12.1 Å². The van der Waals surface area contributed by atoms with Crippen LogP contribution >= 0.6 is 0 Å². The van der Waals surface area contributed by atoms with Gasteiger partial charge in [0.2, 0.25) is 0 Å². The number of benzene rings is 2. The van der Waals surface area contributed by atoms with Gasteiger partial charge in [0.05, 0.1) is 5.69 Å². The zero-order chi connectivity index (χ0) is 12.5. The summed E-state index contributed by atoms with van der Waals surface area (Å²) in [6.07, 6.45) is 0.264. The molecule has 88 valence electrons. The lowest BCUT2D eigenvalue weighted by atomic mass is 9.95. The fraction of sp³-hybridized carbons (Fsp3) is 0.0667. The Hall–Kier alpha value is -2.42. The monoisotopic (exact) mass is 237 g/mol. The van der Waals surface area contributed by atoms with Gasteiger partial charge in [0.25, 0.3) is 5.91 Å². The van der Waals surface area contributed by atoms with Gasteiger partial charge in [-0.15, -0.1) is 0 Å². The molecule has 2 aromatic rings. The third-order valence-corrected chi connectivity index (χ3v) is 3.09. The molecule has 0 unspecified atom stereocenters. The Morgan fingerprint density at radius 1 is 0.833 bits per heavy atom. The van der Waals surface area contributed by atoms with Crippen molar-refractivity contribution in [2.24, 2.45) is 0 Å². The molecule has 0 bridgehead atoms. The molecule has 0 fully saturated rings. The normalized spacial score (nSPS) is 14.0. The Bertz CT molecular complexity index is 589. The smallest absolute Gasteiger partial charge is 0.255 e. The molecule has 2 aromatic carbocycles. The molecule has 3 nitrogen and oxygen atoms in total. The summed E-state index contributed by atoms with van der Waals surface area (Å²) in [6.45, 7) is 0. The molecule has 0 saturated heterocycles. The van der Waals surface area contributed by atoms with E-state index >= 15 is 0 Å². The predicted molar refractivity (Wildman–Crippen MR) is 68.9 cm³/mol. The van der Waals surface area contributed by atoms with Crippen molar-refractivity contribution < 1.29 is 9.59 Å². The number of carbonyl (C=O) groups excluding carboxylic acids is 2. The number of anilines is 1. The molecule has 0 saturated carbocycles. The molecule has 1 N–H and O–H groups in total. The average Bonchev–Trinajstić information content (AvgIpc) is 2.38. The molecule has 0 aromatic heterocycles. The highest BCUT2D eigenvalue weighted by Crippen LogP contribution is 2.23. The second kappa shape index (κ2) is 4.11. The van der Waals surface area contributed by atoms with Gasteiger partial charge in [-0.25, -0.2) is 0 Å². The topological polar surface area (TPSA) is 46.2 Å². The summed E-state index contributed by atoms with van der Waals surface area (Å²) >= 11 is 0. The molecule has 3 rings (SSSR count). The zero-order valence-electron chi connectivity index (χ0n) is 9.64. The maximum Gasteiger partial charge on any atom is 0.255 e. The van der Waals surface area contributed by atoms with Crippen LogP contribution in [0.4, 0.5) is 5.69 Å². The Morgan fingerprint density at radius 3 is 2.33 bits per heavy atom. The maximum atomic E-state index is 12.2. The SMILES string of the molecule is O=C1Nc2ccccc2C(=O)Cc2ccccc21. The van der Waals surface area contributed by atoms with E-state index < -0.39 is 0 Å². The van der Waals surface area contributed by atoms with E-state index in [4.69, 9.17) is 0 Å². The Kier molecular flexibility index (Phi) is 2.45. The second-order valence-electron chi connectivity index (χ2n) is 4.26. The summed E-state index contributed by atoms with van der Waals surface area (Å²) in [4.78, 5) is 24.3. The largest absolute Gasteiger partial charge is 0.321 e. The molecule has 0 radical (unpaired) electrons. The van der Waals surface area contributed by atoms with Gasteiger partial charge in [-0.3, -0.25) is 9.59 Å². The fourth-order valence-corrected chi connectivity index (χ4v) is 2.19. The van der Waals surface area contributed by atoms with Gasteiger partial charge in [-0.05, 0) is 23.8 Å². The molecule has 1 heterocycles. The summed E-state index contributed by atoms with van der Waals surface area (Å²) in [5.41, 5.74) is 2.50. The van der Waals surface area contributed by atoms with E-state index in [2.05, 4.69) is 5.32 Å². The van der Waals surface area contributed by atoms with Crippen LogP contribution in [-0.4, -0.2) is 11.7 Å². The summed E-state index contributed by atoms with van der Waals surface area (Å²) in [7, 11) is 0. The number of nitrogens with one attached hydrogen (secondary N) is 1. The molecule has 3 heteroatoms. The van der Waals surface area contributed by atoms with Crippen LogP contribution in [-0.2, 0) is 6.42 Å². The first-order valence-electron chi connectivity index (χ1n) is 5.77. The lowest BCUT2D eigenvalue weighted by Crippen LogP contribution is -2.21. The number of fused-ring (bicyclic) bond motifs is 2. The van der Waals surface area contributed by atoms with Crippen LogP contribution < -0.4 is 5.32 Å². The van der Waals surface area contributed by atoms with Gasteiger partial charge in [0.1, 0.15) is 0 Å². The van der Waals surface area contributed by atoms with Crippen molar-refractivity contribution in [1.29, 1.82) is 0 Å². The summed E-state index contributed by atoms with van der Waals surface area (Å²) in [5, 5.41) is 2.79. The Balaban J connectivity index is 2.15. The minimum atomic E-state index is -0.162. The van der Waals surface area contributed by atoms with E-state index in [1.165, 1.54) is 0 Å². The Morgan fingerprint density at radius 2 is 1.50 bits per heavy atom. The summed E-state index contributed by atoms with van der Waals surface area (Å²) in [5.74, 6) is -0.136. The first-order chi connectivity index (χ1) is 8.75. The highest BCUT2D eigenvalue weighted by Gasteiger charge is 2.21. The van der Waals surface area contributed by atoms with Gasteiger partial charge in [-0.2, -0.15) is 0 Å². The number of hydrogen-bond donors (Lipinski definition) is 1. The van der Waals surface area contributed by atoms with Gasteiger partial charge >= 0.3 is 0 Å². The van der Waals surface area contributed by atoms with Crippen LogP contribution in [0.1, 0.15) is 26.3 Å². The standard InChI is InChI=1S/C15H11NO2/c17-14-9-10-5-1-2-6-11(10)15(18)16-13-8-4-3-7-12(13)14/h1-8H,9H2,(H,16,18). The molecular formula is C15H11NO2. The quantitative estimate of drug-likeness (QED) is 0.765. The molecule has 0 atom stereocenters. The lowest BCUT2D eigenvalue weighted by molar-refractivity contribution is 0.0989. The molecule has 1 aliphatic rings. The second-order valence-corrected chi connectivity index (χ2v) is 4.26. The van der Waals surface area contributed by atoms with Crippen LogP contribution in [0, 0.1) is 0 Å². The van der Waals surface area contributed by atoms with Gasteiger partial charge < -0.3 is 5.32 Å². The molecular weight excluding hydrogens is 226 g/mol.